The Morgan fingerprint density at radius 3 is 2.45 bits per heavy atom. The zero-order valence-electron chi connectivity index (χ0n) is 17.0. The Labute approximate surface area is 184 Å². The van der Waals surface area contributed by atoms with Gasteiger partial charge < -0.3 is 10.6 Å². The summed E-state index contributed by atoms with van der Waals surface area (Å²) in [4.78, 5) is 35.7. The van der Waals surface area contributed by atoms with Crippen LogP contribution in [0, 0.1) is 10.1 Å². The maximum Gasteiger partial charge on any atom is 0.292 e. The molecule has 160 valence electrons. The second-order valence-corrected chi connectivity index (χ2v) is 8.15. The largest absolute Gasteiger partial charge is 0.325 e. The molecule has 7 nitrogen and oxygen atoms in total. The number of amides is 2. The normalized spacial score (nSPS) is 11.6. The first-order chi connectivity index (χ1) is 15.0. The summed E-state index contributed by atoms with van der Waals surface area (Å²) in [6.07, 6.45) is 1.40. The summed E-state index contributed by atoms with van der Waals surface area (Å²) in [6.45, 7) is 1.98. The number of benzene rings is 3. The third kappa shape index (κ3) is 6.05. The van der Waals surface area contributed by atoms with Crippen molar-refractivity contribution in [1.82, 2.24) is 0 Å². The van der Waals surface area contributed by atoms with Crippen LogP contribution in [0.4, 0.5) is 17.1 Å². The molecular formula is C23H23N3O4S. The first kappa shape index (κ1) is 22.3. The Kier molecular flexibility index (Phi) is 7.61. The molecule has 1 unspecified atom stereocenters. The fourth-order valence-electron chi connectivity index (χ4n) is 3.14. The Bertz CT molecular complexity index is 1100. The van der Waals surface area contributed by atoms with Crippen molar-refractivity contribution in [3.63, 3.8) is 0 Å². The van der Waals surface area contributed by atoms with Gasteiger partial charge >= 0.3 is 0 Å². The zero-order chi connectivity index (χ0) is 22.2. The summed E-state index contributed by atoms with van der Waals surface area (Å²) < 4.78 is 0. The Morgan fingerprint density at radius 1 is 1.00 bits per heavy atom. The summed E-state index contributed by atoms with van der Waals surface area (Å²) in [5.41, 5.74) is 0.681. The molecule has 0 spiro atoms. The van der Waals surface area contributed by atoms with Crippen molar-refractivity contribution >= 4 is 51.4 Å². The number of anilines is 2. The van der Waals surface area contributed by atoms with Crippen molar-refractivity contribution < 1.29 is 14.5 Å². The molecule has 2 N–H and O–H groups in total. The summed E-state index contributed by atoms with van der Waals surface area (Å²) in [7, 11) is 0. The van der Waals surface area contributed by atoms with Gasteiger partial charge in [0.2, 0.25) is 11.8 Å². The van der Waals surface area contributed by atoms with Crippen LogP contribution in [-0.4, -0.2) is 27.7 Å². The van der Waals surface area contributed by atoms with E-state index in [2.05, 4.69) is 10.6 Å². The molecule has 0 bridgehead atoms. The van der Waals surface area contributed by atoms with Gasteiger partial charge in [-0.25, -0.2) is 0 Å². The lowest BCUT2D eigenvalue weighted by atomic mass is 10.1. The molecule has 0 saturated carbocycles. The second kappa shape index (κ2) is 10.6. The van der Waals surface area contributed by atoms with E-state index in [0.29, 0.717) is 12.1 Å². The molecule has 2 amide bonds. The number of para-hydroxylation sites is 2. The van der Waals surface area contributed by atoms with Gasteiger partial charge in [0.05, 0.1) is 15.9 Å². The molecule has 3 aromatic rings. The topological polar surface area (TPSA) is 101 Å². The van der Waals surface area contributed by atoms with Crippen LogP contribution in [0.3, 0.4) is 0 Å². The molecule has 0 radical (unpaired) electrons. The average molecular weight is 438 g/mol. The van der Waals surface area contributed by atoms with Crippen molar-refractivity contribution in [2.24, 2.45) is 0 Å². The van der Waals surface area contributed by atoms with Crippen LogP contribution >= 0.6 is 11.8 Å². The van der Waals surface area contributed by atoms with Gasteiger partial charge in [0.25, 0.3) is 5.69 Å². The van der Waals surface area contributed by atoms with E-state index in [4.69, 9.17) is 0 Å². The minimum Gasteiger partial charge on any atom is -0.325 e. The molecule has 8 heteroatoms. The van der Waals surface area contributed by atoms with E-state index in [-0.39, 0.29) is 28.9 Å². The van der Waals surface area contributed by atoms with Gasteiger partial charge in [-0.2, -0.15) is 0 Å². The molecule has 0 aliphatic carbocycles. The highest BCUT2D eigenvalue weighted by atomic mass is 32.2. The molecule has 1 atom stereocenters. The lowest BCUT2D eigenvalue weighted by molar-refractivity contribution is -0.383. The summed E-state index contributed by atoms with van der Waals surface area (Å²) in [5.74, 6) is -0.540. The first-order valence-corrected chi connectivity index (χ1v) is 11.0. The summed E-state index contributed by atoms with van der Waals surface area (Å²) >= 11 is 1.22. The van der Waals surface area contributed by atoms with Crippen LogP contribution in [0.25, 0.3) is 10.8 Å². The van der Waals surface area contributed by atoms with Crippen LogP contribution in [0.1, 0.15) is 19.8 Å². The van der Waals surface area contributed by atoms with Crippen molar-refractivity contribution in [3.8, 4) is 0 Å². The number of rotatable bonds is 9. The highest BCUT2D eigenvalue weighted by Crippen LogP contribution is 2.25. The Morgan fingerprint density at radius 2 is 1.71 bits per heavy atom. The molecule has 0 aliphatic heterocycles. The van der Waals surface area contributed by atoms with E-state index >= 15 is 0 Å². The van der Waals surface area contributed by atoms with E-state index in [1.54, 1.807) is 6.07 Å². The predicted molar refractivity (Wildman–Crippen MR) is 125 cm³/mol. The molecule has 0 aliphatic rings. The lowest BCUT2D eigenvalue weighted by Gasteiger charge is -2.16. The van der Waals surface area contributed by atoms with Gasteiger partial charge in [-0.15, -0.1) is 11.8 Å². The van der Waals surface area contributed by atoms with Gasteiger partial charge in [-0.1, -0.05) is 55.8 Å². The van der Waals surface area contributed by atoms with Crippen molar-refractivity contribution in [2.75, 3.05) is 16.4 Å². The van der Waals surface area contributed by atoms with Crippen LogP contribution in [0.2, 0.25) is 0 Å². The number of nitro benzene ring substituents is 1. The number of carbonyl (C=O) groups is 2. The monoisotopic (exact) mass is 437 g/mol. The van der Waals surface area contributed by atoms with Gasteiger partial charge in [0.15, 0.2) is 0 Å². The SMILES string of the molecule is CCCC(SCC(=O)Nc1ccccc1[N+](=O)[O-])C(=O)Nc1ccc2ccccc2c1. The maximum absolute atomic E-state index is 12.8. The second-order valence-electron chi connectivity index (χ2n) is 6.96. The fraction of sp³-hybridized carbons (Fsp3) is 0.217. The lowest BCUT2D eigenvalue weighted by Crippen LogP contribution is -2.27. The quantitative estimate of drug-likeness (QED) is 0.353. The molecule has 3 aromatic carbocycles. The number of thioether (sulfide) groups is 1. The molecule has 0 aromatic heterocycles. The number of hydrogen-bond acceptors (Lipinski definition) is 5. The third-order valence-corrected chi connectivity index (χ3v) is 5.93. The van der Waals surface area contributed by atoms with Crippen molar-refractivity contribution in [2.45, 2.75) is 25.0 Å². The number of nitrogens with zero attached hydrogens (tertiary/aromatic N) is 1. The van der Waals surface area contributed by atoms with Crippen LogP contribution in [0.5, 0.6) is 0 Å². The molecule has 3 rings (SSSR count). The van der Waals surface area contributed by atoms with E-state index in [1.165, 1.54) is 30.0 Å². The molecule has 0 saturated heterocycles. The summed E-state index contributed by atoms with van der Waals surface area (Å²) in [6, 6.07) is 19.6. The number of nitro groups is 1. The van der Waals surface area contributed by atoms with E-state index < -0.39 is 10.2 Å². The summed E-state index contributed by atoms with van der Waals surface area (Å²) in [5, 5.41) is 18.3. The van der Waals surface area contributed by atoms with Gasteiger partial charge in [0, 0.05) is 11.8 Å². The minimum absolute atomic E-state index is 0.0157. The van der Waals surface area contributed by atoms with E-state index in [1.807, 2.05) is 49.4 Å². The fourth-order valence-corrected chi connectivity index (χ4v) is 4.18. The Balaban J connectivity index is 1.61. The van der Waals surface area contributed by atoms with Gasteiger partial charge in [-0.05, 0) is 35.4 Å². The molecular weight excluding hydrogens is 414 g/mol. The van der Waals surface area contributed by atoms with Gasteiger partial charge in [0.1, 0.15) is 5.69 Å². The third-order valence-electron chi connectivity index (χ3n) is 4.65. The highest BCUT2D eigenvalue weighted by molar-refractivity contribution is 8.01. The first-order valence-electron chi connectivity index (χ1n) is 9.92. The molecule has 31 heavy (non-hydrogen) atoms. The average Bonchev–Trinajstić information content (AvgIpc) is 2.76. The predicted octanol–water partition coefficient (Wildman–Crippen LogP) is 5.23. The van der Waals surface area contributed by atoms with E-state index in [9.17, 15) is 19.7 Å². The number of fused-ring (bicyclic) bond motifs is 1. The van der Waals surface area contributed by atoms with E-state index in [0.717, 1.165) is 17.2 Å². The van der Waals surface area contributed by atoms with Crippen molar-refractivity contribution in [1.29, 1.82) is 0 Å². The van der Waals surface area contributed by atoms with Crippen LogP contribution < -0.4 is 10.6 Å². The Hall–Kier alpha value is -3.39. The maximum atomic E-state index is 12.8. The van der Waals surface area contributed by atoms with Crippen LogP contribution in [-0.2, 0) is 9.59 Å². The number of hydrogen-bond donors (Lipinski definition) is 2. The number of carbonyl (C=O) groups excluding carboxylic acids is 2. The molecule has 0 fully saturated rings. The molecule has 0 heterocycles. The number of nitrogens with one attached hydrogen (secondary N) is 2. The smallest absolute Gasteiger partial charge is 0.292 e. The standard InChI is InChI=1S/C23H23N3O4S/c1-2-7-21(23(28)24-18-13-12-16-8-3-4-9-17(16)14-18)31-15-22(27)25-19-10-5-6-11-20(19)26(29)30/h3-6,8-14,21H,2,7,15H2,1H3,(H,24,28)(H,25,27). The minimum atomic E-state index is -0.542. The zero-order valence-corrected chi connectivity index (χ0v) is 17.9. The van der Waals surface area contributed by atoms with Crippen molar-refractivity contribution in [3.05, 3.63) is 76.8 Å². The highest BCUT2D eigenvalue weighted by Gasteiger charge is 2.21. The van der Waals surface area contributed by atoms with Crippen LogP contribution in [0.15, 0.2) is 66.7 Å². The van der Waals surface area contributed by atoms with Gasteiger partial charge in [-0.3, -0.25) is 19.7 Å².